The predicted octanol–water partition coefficient (Wildman–Crippen LogP) is 4.04. The van der Waals surface area contributed by atoms with Gasteiger partial charge in [-0.25, -0.2) is 0 Å². The van der Waals surface area contributed by atoms with Gasteiger partial charge in [0.05, 0.1) is 20.7 Å². The molecule has 1 amide bonds. The van der Waals surface area contributed by atoms with Gasteiger partial charge in [0.2, 0.25) is 0 Å². The Balaban J connectivity index is 2.30. The highest BCUT2D eigenvalue weighted by atomic mass is 35.5. The van der Waals surface area contributed by atoms with Crippen LogP contribution in [0.25, 0.3) is 0 Å². The standard InChI is InChI=1S/C14H11Cl2N3O3/c1-7-2-3-8(4-12(7)19(21)22)14(20)18-9-5-10(15)13(17)11(16)6-9/h2-6H,17H2,1H3,(H,18,20). The van der Waals surface area contributed by atoms with E-state index >= 15 is 0 Å². The normalized spacial score (nSPS) is 10.3. The number of nitrogen functional groups attached to an aromatic ring is 1. The first-order valence-corrected chi connectivity index (χ1v) is 6.86. The monoisotopic (exact) mass is 339 g/mol. The van der Waals surface area contributed by atoms with Crippen molar-refractivity contribution < 1.29 is 9.72 Å². The lowest BCUT2D eigenvalue weighted by atomic mass is 10.1. The fourth-order valence-electron chi connectivity index (χ4n) is 1.81. The number of nitro benzene ring substituents is 1. The third kappa shape index (κ3) is 3.29. The van der Waals surface area contributed by atoms with Gasteiger partial charge in [-0.05, 0) is 25.1 Å². The lowest BCUT2D eigenvalue weighted by molar-refractivity contribution is -0.385. The van der Waals surface area contributed by atoms with Crippen molar-refractivity contribution in [1.29, 1.82) is 0 Å². The number of carbonyl (C=O) groups excluding carboxylic acids is 1. The number of carbonyl (C=O) groups is 1. The largest absolute Gasteiger partial charge is 0.396 e. The van der Waals surface area contributed by atoms with Crippen molar-refractivity contribution in [3.63, 3.8) is 0 Å². The summed E-state index contributed by atoms with van der Waals surface area (Å²) >= 11 is 11.8. The van der Waals surface area contributed by atoms with Crippen LogP contribution in [0.1, 0.15) is 15.9 Å². The molecule has 3 N–H and O–H groups in total. The number of nitrogens with two attached hydrogens (primary N) is 1. The quantitative estimate of drug-likeness (QED) is 0.500. The molecule has 0 unspecified atom stereocenters. The van der Waals surface area contributed by atoms with Gasteiger partial charge in [-0.3, -0.25) is 14.9 Å². The molecule has 0 aliphatic heterocycles. The van der Waals surface area contributed by atoms with Crippen LogP contribution in [0, 0.1) is 17.0 Å². The topological polar surface area (TPSA) is 98.3 Å². The summed E-state index contributed by atoms with van der Waals surface area (Å²) in [5.74, 6) is -0.514. The fraction of sp³-hybridized carbons (Fsp3) is 0.0714. The number of nitro groups is 1. The smallest absolute Gasteiger partial charge is 0.273 e. The van der Waals surface area contributed by atoms with E-state index in [0.29, 0.717) is 11.3 Å². The maximum absolute atomic E-state index is 12.2. The van der Waals surface area contributed by atoms with Gasteiger partial charge in [-0.15, -0.1) is 0 Å². The number of benzene rings is 2. The van der Waals surface area contributed by atoms with Crippen LogP contribution in [0.4, 0.5) is 17.1 Å². The number of hydrogen-bond acceptors (Lipinski definition) is 4. The Morgan fingerprint density at radius 1 is 1.23 bits per heavy atom. The third-order valence-corrected chi connectivity index (χ3v) is 3.63. The molecule has 0 spiro atoms. The minimum atomic E-state index is -0.539. The number of nitrogens with one attached hydrogen (secondary N) is 1. The highest BCUT2D eigenvalue weighted by Gasteiger charge is 2.15. The van der Waals surface area contributed by atoms with Crippen LogP contribution >= 0.6 is 23.2 Å². The first-order valence-electron chi connectivity index (χ1n) is 6.10. The molecule has 0 heterocycles. The highest BCUT2D eigenvalue weighted by Crippen LogP contribution is 2.31. The van der Waals surface area contributed by atoms with Gasteiger partial charge in [0, 0.05) is 22.9 Å². The van der Waals surface area contributed by atoms with Crippen molar-refractivity contribution in [2.75, 3.05) is 11.1 Å². The summed E-state index contributed by atoms with van der Waals surface area (Å²) in [5, 5.41) is 13.9. The summed E-state index contributed by atoms with van der Waals surface area (Å²) < 4.78 is 0. The average molecular weight is 340 g/mol. The van der Waals surface area contributed by atoms with Crippen LogP contribution in [-0.2, 0) is 0 Å². The van der Waals surface area contributed by atoms with Gasteiger partial charge in [0.15, 0.2) is 0 Å². The van der Waals surface area contributed by atoms with Crippen molar-refractivity contribution in [3.05, 3.63) is 61.6 Å². The third-order valence-electron chi connectivity index (χ3n) is 3.00. The molecule has 2 aromatic rings. The highest BCUT2D eigenvalue weighted by molar-refractivity contribution is 6.39. The second-order valence-corrected chi connectivity index (χ2v) is 5.38. The molecule has 114 valence electrons. The zero-order valence-electron chi connectivity index (χ0n) is 11.4. The van der Waals surface area contributed by atoms with E-state index in [1.807, 2.05) is 0 Å². The van der Waals surface area contributed by atoms with E-state index in [-0.39, 0.29) is 27.0 Å². The number of hydrogen-bond donors (Lipinski definition) is 2. The zero-order valence-corrected chi connectivity index (χ0v) is 12.9. The van der Waals surface area contributed by atoms with E-state index < -0.39 is 10.8 Å². The first-order chi connectivity index (χ1) is 10.3. The Labute approximate surface area is 136 Å². The molecule has 2 rings (SSSR count). The summed E-state index contributed by atoms with van der Waals surface area (Å²) in [5.41, 5.74) is 6.67. The molecule has 0 radical (unpaired) electrons. The predicted molar refractivity (Wildman–Crippen MR) is 86.7 cm³/mol. The Bertz CT molecular complexity index is 755. The van der Waals surface area contributed by atoms with Gasteiger partial charge >= 0.3 is 0 Å². The Morgan fingerprint density at radius 2 is 1.82 bits per heavy atom. The summed E-state index contributed by atoms with van der Waals surface area (Å²) in [6.45, 7) is 1.60. The second-order valence-electron chi connectivity index (χ2n) is 4.57. The summed E-state index contributed by atoms with van der Waals surface area (Å²) in [7, 11) is 0. The minimum Gasteiger partial charge on any atom is -0.396 e. The second kappa shape index (κ2) is 6.21. The van der Waals surface area contributed by atoms with Crippen LogP contribution in [0.3, 0.4) is 0 Å². The minimum absolute atomic E-state index is 0.124. The van der Waals surface area contributed by atoms with Crippen LogP contribution in [0.5, 0.6) is 0 Å². The molecule has 22 heavy (non-hydrogen) atoms. The van der Waals surface area contributed by atoms with Crippen LogP contribution in [0.2, 0.25) is 10.0 Å². The summed E-state index contributed by atoms with van der Waals surface area (Å²) in [6.07, 6.45) is 0. The molecule has 0 fully saturated rings. The Morgan fingerprint density at radius 3 is 2.36 bits per heavy atom. The van der Waals surface area contributed by atoms with E-state index in [2.05, 4.69) is 5.32 Å². The van der Waals surface area contributed by atoms with E-state index in [4.69, 9.17) is 28.9 Å². The summed E-state index contributed by atoms with van der Waals surface area (Å²) in [6, 6.07) is 7.12. The van der Waals surface area contributed by atoms with Gasteiger partial charge in [0.1, 0.15) is 0 Å². The molecule has 0 atom stereocenters. The van der Waals surface area contributed by atoms with E-state index in [1.165, 1.54) is 30.3 Å². The SMILES string of the molecule is Cc1ccc(C(=O)Nc2cc(Cl)c(N)c(Cl)c2)cc1[N+](=O)[O-]. The van der Waals surface area contributed by atoms with Crippen molar-refractivity contribution in [3.8, 4) is 0 Å². The van der Waals surface area contributed by atoms with Crippen molar-refractivity contribution in [2.45, 2.75) is 6.92 Å². The van der Waals surface area contributed by atoms with E-state index in [9.17, 15) is 14.9 Å². The maximum atomic E-state index is 12.2. The summed E-state index contributed by atoms with van der Waals surface area (Å²) in [4.78, 5) is 22.5. The lowest BCUT2D eigenvalue weighted by Gasteiger charge is -2.09. The number of anilines is 2. The van der Waals surface area contributed by atoms with Crippen molar-refractivity contribution in [2.24, 2.45) is 0 Å². The van der Waals surface area contributed by atoms with Crippen LogP contribution in [-0.4, -0.2) is 10.8 Å². The Kier molecular flexibility index (Phi) is 4.54. The molecular weight excluding hydrogens is 329 g/mol. The van der Waals surface area contributed by atoms with E-state index in [0.717, 1.165) is 0 Å². The Hall–Kier alpha value is -2.31. The number of nitrogens with zero attached hydrogens (tertiary/aromatic N) is 1. The number of halogens is 2. The van der Waals surface area contributed by atoms with Crippen molar-refractivity contribution in [1.82, 2.24) is 0 Å². The molecule has 0 aliphatic carbocycles. The fourth-order valence-corrected chi connectivity index (χ4v) is 2.29. The molecule has 2 aromatic carbocycles. The first kappa shape index (κ1) is 16.1. The van der Waals surface area contributed by atoms with Gasteiger partial charge in [-0.1, -0.05) is 29.3 Å². The molecular formula is C14H11Cl2N3O3. The molecule has 6 nitrogen and oxygen atoms in total. The number of rotatable bonds is 3. The molecule has 0 saturated carbocycles. The maximum Gasteiger partial charge on any atom is 0.273 e. The van der Waals surface area contributed by atoms with Gasteiger partial charge in [-0.2, -0.15) is 0 Å². The van der Waals surface area contributed by atoms with Gasteiger partial charge in [0.25, 0.3) is 11.6 Å². The average Bonchev–Trinajstić information content (AvgIpc) is 2.44. The number of amides is 1. The van der Waals surface area contributed by atoms with Crippen molar-refractivity contribution >= 4 is 46.2 Å². The molecule has 0 aromatic heterocycles. The zero-order chi connectivity index (χ0) is 16.4. The molecule has 0 aliphatic rings. The van der Waals surface area contributed by atoms with E-state index in [1.54, 1.807) is 6.92 Å². The van der Waals surface area contributed by atoms with Gasteiger partial charge < -0.3 is 11.1 Å². The molecule has 0 bridgehead atoms. The van der Waals surface area contributed by atoms with Crippen LogP contribution < -0.4 is 11.1 Å². The molecule has 8 heteroatoms. The lowest BCUT2D eigenvalue weighted by Crippen LogP contribution is -2.12. The van der Waals surface area contributed by atoms with Crippen LogP contribution in [0.15, 0.2) is 30.3 Å². The molecule has 0 saturated heterocycles. The number of aryl methyl sites for hydroxylation is 1.